The summed E-state index contributed by atoms with van der Waals surface area (Å²) in [7, 11) is 0. The summed E-state index contributed by atoms with van der Waals surface area (Å²) in [6, 6.07) is 13.5. The average Bonchev–Trinajstić information content (AvgIpc) is 2.28. The van der Waals surface area contributed by atoms with E-state index < -0.39 is 121 Å². The minimum Gasteiger partial charge on any atom is -0.507 e. The molecule has 0 unspecified atom stereocenters. The highest BCUT2D eigenvalue weighted by Gasteiger charge is 2.64. The Hall–Kier alpha value is -6.56. The SMILES string of the molecule is CC(C)(C)c1cc(CCC(=O)C(=O)C(C(=O)C(=O)CCc2cc(C(C)(C)C)c(O)c(C(C)(C)C)c2)(C(=O)C(=O)CCc2cc(C(C)(C)C)c(O)c(C(C)(C)C)c2)C(=O)C(=O)CCc2cc(C(C)(C)C)c(O)c(C(C)(C)C)c2)cc(C(C)(C)C)c1O. The summed E-state index contributed by atoms with van der Waals surface area (Å²) in [6.45, 7) is 45.5. The number of aromatic hydroxyl groups is 4. The predicted molar refractivity (Wildman–Crippen MR) is 338 cm³/mol. The summed E-state index contributed by atoms with van der Waals surface area (Å²) in [5.41, 5.74) is -2.60. The number of hydrogen-bond acceptors (Lipinski definition) is 12. The smallest absolute Gasteiger partial charge is 0.234 e. The standard InChI is InChI=1S/C73H100O12/c1-65(2,3)45-33-41(34-46(57(45)78)66(4,5)6)25-29-53(74)61(82)73(62(83)54(75)30-26-42-35-47(67(7,8)9)58(79)48(36-42)68(10,11)12,63(84)55(76)31-27-43-37-49(69(13,14)15)59(80)50(38-43)70(16,17)18)64(85)56(77)32-28-44-39-51(71(19,20)21)60(81)52(40-44)72(22,23)24/h33-40,78-81H,25-32H2,1-24H3. The molecule has 0 radical (unpaired) electrons. The molecular formula is C73H100O12. The molecule has 85 heavy (non-hydrogen) atoms. The third-order valence-corrected chi connectivity index (χ3v) is 16.1. The van der Waals surface area contributed by atoms with Gasteiger partial charge in [0.2, 0.25) is 51.7 Å². The maximum atomic E-state index is 15.6. The Morgan fingerprint density at radius 3 is 0.471 bits per heavy atom. The highest BCUT2D eigenvalue weighted by atomic mass is 16.3. The van der Waals surface area contributed by atoms with Crippen LogP contribution in [-0.4, -0.2) is 66.7 Å². The molecule has 0 aromatic heterocycles. The van der Waals surface area contributed by atoms with Crippen LogP contribution >= 0.6 is 0 Å². The molecule has 0 aliphatic carbocycles. The second-order valence-electron chi connectivity index (χ2n) is 31.9. The Morgan fingerprint density at radius 1 is 0.247 bits per heavy atom. The first-order chi connectivity index (χ1) is 38.2. The molecule has 0 aliphatic rings. The van der Waals surface area contributed by atoms with Crippen LogP contribution in [0.15, 0.2) is 48.5 Å². The number of rotatable bonds is 20. The monoisotopic (exact) mass is 1170 g/mol. The third-order valence-electron chi connectivity index (χ3n) is 16.1. The van der Waals surface area contributed by atoms with Crippen LogP contribution in [0.2, 0.25) is 0 Å². The Morgan fingerprint density at radius 2 is 0.365 bits per heavy atom. The van der Waals surface area contributed by atoms with Gasteiger partial charge >= 0.3 is 0 Å². The summed E-state index contributed by atoms with van der Waals surface area (Å²) in [6.07, 6.45) is -3.81. The van der Waals surface area contributed by atoms with Gasteiger partial charge in [-0.1, -0.05) is 215 Å². The van der Waals surface area contributed by atoms with Gasteiger partial charge in [0, 0.05) is 25.7 Å². The fourth-order valence-electron chi connectivity index (χ4n) is 10.9. The zero-order chi connectivity index (χ0) is 65.7. The molecular weight excluding hydrogens is 1070 g/mol. The molecule has 0 saturated heterocycles. The van der Waals surface area contributed by atoms with Gasteiger partial charge in [-0.3, -0.25) is 38.4 Å². The van der Waals surface area contributed by atoms with Crippen LogP contribution in [0, 0.1) is 5.41 Å². The number of phenolic OH excluding ortho intramolecular Hbond substituents is 4. The Labute approximate surface area is 507 Å². The van der Waals surface area contributed by atoms with E-state index in [-0.39, 0.29) is 48.7 Å². The lowest BCUT2D eigenvalue weighted by Crippen LogP contribution is -2.61. The van der Waals surface area contributed by atoms with Gasteiger partial charge in [-0.15, -0.1) is 0 Å². The number of carbonyl (C=O) groups excluding carboxylic acids is 8. The number of Topliss-reactive ketones (excluding diaryl/α,β-unsaturated/α-hetero) is 8. The number of hydrogen-bond donors (Lipinski definition) is 4. The van der Waals surface area contributed by atoms with Crippen molar-refractivity contribution in [1.82, 2.24) is 0 Å². The number of phenols is 4. The highest BCUT2D eigenvalue weighted by Crippen LogP contribution is 2.45. The van der Waals surface area contributed by atoms with Gasteiger partial charge in [0.15, 0.2) is 0 Å². The molecule has 464 valence electrons. The van der Waals surface area contributed by atoms with Crippen molar-refractivity contribution in [2.45, 2.75) is 261 Å². The molecule has 12 nitrogen and oxygen atoms in total. The van der Waals surface area contributed by atoms with Crippen molar-refractivity contribution >= 4 is 46.3 Å². The van der Waals surface area contributed by atoms with E-state index in [4.69, 9.17) is 0 Å². The first kappa shape index (κ1) is 70.9. The number of carbonyl (C=O) groups is 8. The number of ketones is 8. The van der Waals surface area contributed by atoms with Crippen LogP contribution in [0.1, 0.15) is 259 Å². The fraction of sp³-hybridized carbons (Fsp3) is 0.562. The molecule has 4 rings (SSSR count). The van der Waals surface area contributed by atoms with Crippen molar-refractivity contribution in [3.05, 3.63) is 115 Å². The van der Waals surface area contributed by atoms with Crippen LogP contribution in [-0.2, 0) is 107 Å². The zero-order valence-electron chi connectivity index (χ0n) is 55.8. The van der Waals surface area contributed by atoms with Gasteiger partial charge in [-0.2, -0.15) is 0 Å². The van der Waals surface area contributed by atoms with Crippen LogP contribution in [0.5, 0.6) is 23.0 Å². The van der Waals surface area contributed by atoms with E-state index in [9.17, 15) is 39.6 Å². The van der Waals surface area contributed by atoms with E-state index in [2.05, 4.69) is 0 Å². The molecule has 0 fully saturated rings. The second kappa shape index (κ2) is 24.7. The predicted octanol–water partition coefficient (Wildman–Crippen LogP) is 14.3. The molecule has 4 aromatic carbocycles. The van der Waals surface area contributed by atoms with E-state index in [1.807, 2.05) is 166 Å². The van der Waals surface area contributed by atoms with Crippen molar-refractivity contribution in [1.29, 1.82) is 0 Å². The first-order valence-electron chi connectivity index (χ1n) is 30.0. The molecule has 0 saturated carbocycles. The van der Waals surface area contributed by atoms with Crippen molar-refractivity contribution in [3.63, 3.8) is 0 Å². The second-order valence-corrected chi connectivity index (χ2v) is 31.9. The molecule has 0 heterocycles. The van der Waals surface area contributed by atoms with Crippen molar-refractivity contribution in [2.75, 3.05) is 0 Å². The van der Waals surface area contributed by atoms with Gasteiger partial charge in [0.05, 0.1) is 0 Å². The first-order valence-corrected chi connectivity index (χ1v) is 30.0. The molecule has 0 amide bonds. The lowest BCUT2D eigenvalue weighted by Gasteiger charge is -2.29. The molecule has 0 atom stereocenters. The minimum absolute atomic E-state index is 0.0483. The zero-order valence-corrected chi connectivity index (χ0v) is 55.8. The van der Waals surface area contributed by atoms with Crippen LogP contribution in [0.4, 0.5) is 0 Å². The van der Waals surface area contributed by atoms with Crippen LogP contribution < -0.4 is 0 Å². The third kappa shape index (κ3) is 16.1. The summed E-state index contributed by atoms with van der Waals surface area (Å²) >= 11 is 0. The van der Waals surface area contributed by atoms with E-state index in [0.29, 0.717) is 66.8 Å². The summed E-state index contributed by atoms with van der Waals surface area (Å²) in [4.78, 5) is 122. The summed E-state index contributed by atoms with van der Waals surface area (Å²) < 4.78 is 0. The number of aryl methyl sites for hydroxylation is 4. The molecule has 0 bridgehead atoms. The fourth-order valence-corrected chi connectivity index (χ4v) is 10.9. The molecule has 0 spiro atoms. The average molecular weight is 1170 g/mol. The molecule has 12 heteroatoms. The van der Waals surface area contributed by atoms with Gasteiger partial charge in [0.25, 0.3) is 0 Å². The van der Waals surface area contributed by atoms with Crippen molar-refractivity contribution < 1.29 is 58.8 Å². The van der Waals surface area contributed by atoms with Crippen LogP contribution in [0.3, 0.4) is 0 Å². The number of benzene rings is 4. The van der Waals surface area contributed by atoms with Crippen molar-refractivity contribution in [3.8, 4) is 23.0 Å². The Bertz CT molecular complexity index is 2720. The summed E-state index contributed by atoms with van der Waals surface area (Å²) in [5, 5.41) is 46.1. The van der Waals surface area contributed by atoms with E-state index in [1.54, 1.807) is 48.5 Å². The molecule has 0 aliphatic heterocycles. The van der Waals surface area contributed by atoms with Gasteiger partial charge in [-0.25, -0.2) is 0 Å². The summed E-state index contributed by atoms with van der Waals surface area (Å²) in [5.74, 6) is -13.6. The Balaban J connectivity index is 2.04. The topological polar surface area (TPSA) is 217 Å². The maximum absolute atomic E-state index is 15.6. The lowest BCUT2D eigenvalue weighted by molar-refractivity contribution is -0.165. The van der Waals surface area contributed by atoms with Gasteiger partial charge < -0.3 is 20.4 Å². The lowest BCUT2D eigenvalue weighted by atomic mass is 9.65. The quantitative estimate of drug-likeness (QED) is 0.0480. The van der Waals surface area contributed by atoms with Gasteiger partial charge in [-0.05, 0) is 136 Å². The maximum Gasteiger partial charge on any atom is 0.234 e. The highest BCUT2D eigenvalue weighted by molar-refractivity contribution is 6.74. The van der Waals surface area contributed by atoms with Crippen LogP contribution in [0.25, 0.3) is 0 Å². The van der Waals surface area contributed by atoms with E-state index in [0.717, 1.165) is 0 Å². The normalized spacial score (nSPS) is 13.2. The van der Waals surface area contributed by atoms with Crippen molar-refractivity contribution in [2.24, 2.45) is 5.41 Å². The van der Waals surface area contributed by atoms with E-state index >= 15 is 19.2 Å². The molecule has 4 N–H and O–H groups in total. The molecule has 4 aromatic rings. The minimum atomic E-state index is -4.06. The van der Waals surface area contributed by atoms with Gasteiger partial charge in [0.1, 0.15) is 23.0 Å². The van der Waals surface area contributed by atoms with E-state index in [1.165, 1.54) is 0 Å². The largest absolute Gasteiger partial charge is 0.507 e. The Kier molecular flexibility index (Phi) is 20.6.